The number of benzene rings is 2. The van der Waals surface area contributed by atoms with Crippen LogP contribution in [0.25, 0.3) is 11.3 Å². The first-order chi connectivity index (χ1) is 11.1. The Morgan fingerprint density at radius 3 is 2.57 bits per heavy atom. The summed E-state index contributed by atoms with van der Waals surface area (Å²) in [6, 6.07) is 16.2. The second kappa shape index (κ2) is 6.46. The fraction of sp³-hybridized carbons (Fsp3) is 0.0556. The van der Waals surface area contributed by atoms with Gasteiger partial charge in [-0.3, -0.25) is 4.79 Å². The minimum absolute atomic E-state index is 0.0149. The average molecular weight is 311 g/mol. The van der Waals surface area contributed by atoms with E-state index >= 15 is 0 Å². The molecule has 0 saturated heterocycles. The van der Waals surface area contributed by atoms with Crippen molar-refractivity contribution >= 4 is 11.6 Å². The number of halogens is 1. The van der Waals surface area contributed by atoms with E-state index in [2.05, 4.69) is 5.32 Å². The molecular weight excluding hydrogens is 297 g/mol. The molecule has 0 aliphatic heterocycles. The van der Waals surface area contributed by atoms with Crippen molar-refractivity contribution in [1.29, 1.82) is 0 Å². The lowest BCUT2D eigenvalue weighted by Gasteiger charge is -2.13. The Hall–Kier alpha value is -2.92. The van der Waals surface area contributed by atoms with Crippen LogP contribution in [0, 0.1) is 5.82 Å². The third-order valence-electron chi connectivity index (χ3n) is 3.39. The largest absolute Gasteiger partial charge is 0.464 e. The molecular formula is C18H14FNO3. The predicted molar refractivity (Wildman–Crippen MR) is 84.1 cm³/mol. The molecule has 0 radical (unpaired) electrons. The van der Waals surface area contributed by atoms with Gasteiger partial charge in [0, 0.05) is 5.56 Å². The van der Waals surface area contributed by atoms with Crippen LogP contribution in [0.15, 0.2) is 71.3 Å². The summed E-state index contributed by atoms with van der Waals surface area (Å²) in [7, 11) is 0. The van der Waals surface area contributed by atoms with Crippen LogP contribution < -0.4 is 5.32 Å². The molecule has 1 unspecified atom stereocenters. The smallest absolute Gasteiger partial charge is 0.257 e. The zero-order chi connectivity index (χ0) is 16.2. The molecule has 0 fully saturated rings. The number of aliphatic hydroxyl groups is 1. The molecule has 3 aromatic rings. The number of carbonyl (C=O) groups is 1. The van der Waals surface area contributed by atoms with Gasteiger partial charge in [0.15, 0.2) is 6.10 Å². The molecule has 4 nitrogen and oxygen atoms in total. The molecule has 1 atom stereocenters. The molecule has 2 N–H and O–H groups in total. The van der Waals surface area contributed by atoms with Crippen molar-refractivity contribution in [3.8, 4) is 11.3 Å². The lowest BCUT2D eigenvalue weighted by molar-refractivity contribution is -0.124. The maximum atomic E-state index is 13.9. The van der Waals surface area contributed by atoms with E-state index in [-0.39, 0.29) is 5.69 Å². The van der Waals surface area contributed by atoms with Crippen molar-refractivity contribution in [3.05, 3.63) is 78.3 Å². The van der Waals surface area contributed by atoms with Gasteiger partial charge >= 0.3 is 0 Å². The van der Waals surface area contributed by atoms with Crippen LogP contribution in [0.4, 0.5) is 10.1 Å². The number of amides is 1. The minimum Gasteiger partial charge on any atom is -0.464 e. The van der Waals surface area contributed by atoms with Gasteiger partial charge in [-0.25, -0.2) is 4.39 Å². The molecule has 2 aromatic carbocycles. The van der Waals surface area contributed by atoms with Crippen LogP contribution in [0.3, 0.4) is 0 Å². The average Bonchev–Trinajstić information content (AvgIpc) is 3.11. The number of carbonyl (C=O) groups excluding carboxylic acids is 1. The summed E-state index contributed by atoms with van der Waals surface area (Å²) in [6.07, 6.45) is 0.138. The van der Waals surface area contributed by atoms with Crippen molar-refractivity contribution in [1.82, 2.24) is 0 Å². The molecule has 116 valence electrons. The minimum atomic E-state index is -1.37. The molecule has 0 aliphatic carbocycles. The lowest BCUT2D eigenvalue weighted by atomic mass is 10.1. The van der Waals surface area contributed by atoms with Gasteiger partial charge in [0.05, 0.1) is 12.0 Å². The molecule has 23 heavy (non-hydrogen) atoms. The Morgan fingerprint density at radius 1 is 1.09 bits per heavy atom. The SMILES string of the molecule is O=C(Nc1cc(-c2ccco2)ccc1F)C(O)c1ccccc1. The van der Waals surface area contributed by atoms with E-state index in [1.807, 2.05) is 0 Å². The number of nitrogens with one attached hydrogen (secondary N) is 1. The van der Waals surface area contributed by atoms with Crippen LogP contribution in [-0.2, 0) is 4.79 Å². The van der Waals surface area contributed by atoms with Crippen molar-refractivity contribution in [2.24, 2.45) is 0 Å². The van der Waals surface area contributed by atoms with E-state index in [4.69, 9.17) is 4.42 Å². The molecule has 0 bridgehead atoms. The highest BCUT2D eigenvalue weighted by molar-refractivity contribution is 5.95. The summed E-state index contributed by atoms with van der Waals surface area (Å²) in [4.78, 5) is 12.1. The van der Waals surface area contributed by atoms with Gasteiger partial charge in [-0.05, 0) is 35.9 Å². The summed E-state index contributed by atoms with van der Waals surface area (Å²) in [5.41, 5.74) is 1.05. The predicted octanol–water partition coefficient (Wildman–Crippen LogP) is 3.76. The highest BCUT2D eigenvalue weighted by atomic mass is 19.1. The van der Waals surface area contributed by atoms with Gasteiger partial charge in [-0.2, -0.15) is 0 Å². The summed E-state index contributed by atoms with van der Waals surface area (Å²) < 4.78 is 19.2. The summed E-state index contributed by atoms with van der Waals surface area (Å²) in [5, 5.41) is 12.4. The monoisotopic (exact) mass is 311 g/mol. The molecule has 0 spiro atoms. The van der Waals surface area contributed by atoms with E-state index in [1.165, 1.54) is 18.4 Å². The van der Waals surface area contributed by atoms with Gasteiger partial charge in [-0.1, -0.05) is 30.3 Å². The molecule has 1 aromatic heterocycles. The van der Waals surface area contributed by atoms with E-state index in [1.54, 1.807) is 48.5 Å². The first kappa shape index (κ1) is 15.0. The summed E-state index contributed by atoms with van der Waals surface area (Å²) in [5.74, 6) is -0.732. The lowest BCUT2D eigenvalue weighted by Crippen LogP contribution is -2.21. The number of hydrogen-bond acceptors (Lipinski definition) is 3. The maximum Gasteiger partial charge on any atom is 0.257 e. The zero-order valence-corrected chi connectivity index (χ0v) is 12.1. The first-order valence-electron chi connectivity index (χ1n) is 7.02. The molecule has 5 heteroatoms. The van der Waals surface area contributed by atoms with E-state index < -0.39 is 17.8 Å². The third kappa shape index (κ3) is 3.30. The second-order valence-corrected chi connectivity index (χ2v) is 4.97. The Balaban J connectivity index is 1.82. The van der Waals surface area contributed by atoms with Crippen molar-refractivity contribution in [2.45, 2.75) is 6.10 Å². The Labute approximate surface area is 132 Å². The summed E-state index contributed by atoms with van der Waals surface area (Å²) in [6.45, 7) is 0. The zero-order valence-electron chi connectivity index (χ0n) is 12.1. The van der Waals surface area contributed by atoms with E-state index in [0.717, 1.165) is 0 Å². The van der Waals surface area contributed by atoms with Crippen molar-refractivity contribution in [3.63, 3.8) is 0 Å². The molecule has 0 saturated carbocycles. The summed E-state index contributed by atoms with van der Waals surface area (Å²) >= 11 is 0. The molecule has 0 aliphatic rings. The quantitative estimate of drug-likeness (QED) is 0.771. The molecule has 1 heterocycles. The Bertz CT molecular complexity index is 800. The highest BCUT2D eigenvalue weighted by Crippen LogP contribution is 2.26. The molecule has 3 rings (SSSR count). The van der Waals surface area contributed by atoms with Gasteiger partial charge in [0.2, 0.25) is 0 Å². The fourth-order valence-electron chi connectivity index (χ4n) is 2.20. The number of rotatable bonds is 4. The molecule has 1 amide bonds. The second-order valence-electron chi connectivity index (χ2n) is 4.97. The topological polar surface area (TPSA) is 62.5 Å². The van der Waals surface area contributed by atoms with Crippen LogP contribution in [0.1, 0.15) is 11.7 Å². The van der Waals surface area contributed by atoms with Gasteiger partial charge in [0.25, 0.3) is 5.91 Å². The van der Waals surface area contributed by atoms with Crippen LogP contribution in [0.5, 0.6) is 0 Å². The Morgan fingerprint density at radius 2 is 1.87 bits per heavy atom. The first-order valence-corrected chi connectivity index (χ1v) is 7.02. The van der Waals surface area contributed by atoms with E-state index in [0.29, 0.717) is 16.9 Å². The fourth-order valence-corrected chi connectivity index (χ4v) is 2.20. The number of furan rings is 1. The van der Waals surface area contributed by atoms with E-state index in [9.17, 15) is 14.3 Å². The third-order valence-corrected chi connectivity index (χ3v) is 3.39. The van der Waals surface area contributed by atoms with Crippen molar-refractivity contribution in [2.75, 3.05) is 5.32 Å². The Kier molecular flexibility index (Phi) is 4.21. The number of hydrogen-bond donors (Lipinski definition) is 2. The maximum absolute atomic E-state index is 13.9. The standard InChI is InChI=1S/C18H14FNO3/c19-14-9-8-13(16-7-4-10-23-16)11-15(14)20-18(22)17(21)12-5-2-1-3-6-12/h1-11,17,21H,(H,20,22). The van der Waals surface area contributed by atoms with Crippen LogP contribution in [0.2, 0.25) is 0 Å². The highest BCUT2D eigenvalue weighted by Gasteiger charge is 2.19. The number of aliphatic hydroxyl groups excluding tert-OH is 1. The van der Waals surface area contributed by atoms with Crippen LogP contribution >= 0.6 is 0 Å². The van der Waals surface area contributed by atoms with Gasteiger partial charge in [-0.15, -0.1) is 0 Å². The van der Waals surface area contributed by atoms with Gasteiger partial charge < -0.3 is 14.8 Å². The van der Waals surface area contributed by atoms with Gasteiger partial charge in [0.1, 0.15) is 11.6 Å². The normalized spacial score (nSPS) is 11.9. The number of anilines is 1. The van der Waals surface area contributed by atoms with Crippen molar-refractivity contribution < 1.29 is 18.7 Å². The van der Waals surface area contributed by atoms with Crippen LogP contribution in [-0.4, -0.2) is 11.0 Å².